The number of halogens is 1. The van der Waals surface area contributed by atoms with Gasteiger partial charge in [0.05, 0.1) is 6.61 Å². The van der Waals surface area contributed by atoms with Crippen LogP contribution < -0.4 is 10.5 Å². The molecule has 1 rings (SSSR count). The highest BCUT2D eigenvalue weighted by molar-refractivity contribution is 6.31. The summed E-state index contributed by atoms with van der Waals surface area (Å²) in [5, 5.41) is 0.751. The van der Waals surface area contributed by atoms with E-state index in [0.29, 0.717) is 6.61 Å². The Bertz CT molecular complexity index is 289. The standard InChI is InChI=1S/C11H16ClNO/c1-9-4-5-10(8-11(9)12)14-7-3-2-6-13/h4-5,8H,2-3,6-7,13H2,1H3. The molecule has 2 N–H and O–H groups in total. The van der Waals surface area contributed by atoms with E-state index in [1.165, 1.54) is 0 Å². The van der Waals surface area contributed by atoms with Gasteiger partial charge < -0.3 is 10.5 Å². The molecule has 1 aromatic carbocycles. The molecule has 0 aliphatic heterocycles. The molecular weight excluding hydrogens is 198 g/mol. The molecule has 3 heteroatoms. The average molecular weight is 214 g/mol. The van der Waals surface area contributed by atoms with Crippen molar-refractivity contribution >= 4 is 11.6 Å². The number of aryl methyl sites for hydroxylation is 1. The summed E-state index contributed by atoms with van der Waals surface area (Å²) in [6.07, 6.45) is 1.99. The van der Waals surface area contributed by atoms with Crippen molar-refractivity contribution in [3.05, 3.63) is 28.8 Å². The van der Waals surface area contributed by atoms with E-state index in [0.717, 1.165) is 35.7 Å². The molecule has 0 atom stereocenters. The maximum absolute atomic E-state index is 5.95. The predicted molar refractivity (Wildman–Crippen MR) is 60.0 cm³/mol. The van der Waals surface area contributed by atoms with Gasteiger partial charge in [0.1, 0.15) is 5.75 Å². The number of benzene rings is 1. The van der Waals surface area contributed by atoms with Crippen molar-refractivity contribution in [2.24, 2.45) is 5.73 Å². The molecule has 0 spiro atoms. The van der Waals surface area contributed by atoms with Gasteiger partial charge in [-0.2, -0.15) is 0 Å². The second-order valence-electron chi connectivity index (χ2n) is 3.26. The van der Waals surface area contributed by atoms with Gasteiger partial charge in [-0.05, 0) is 44.0 Å². The lowest BCUT2D eigenvalue weighted by atomic mass is 10.2. The minimum Gasteiger partial charge on any atom is -0.494 e. The molecule has 0 fully saturated rings. The fourth-order valence-electron chi connectivity index (χ4n) is 1.10. The lowest BCUT2D eigenvalue weighted by molar-refractivity contribution is 0.308. The number of ether oxygens (including phenoxy) is 1. The van der Waals surface area contributed by atoms with Crippen LogP contribution in [0.5, 0.6) is 5.75 Å². The normalized spacial score (nSPS) is 10.2. The summed E-state index contributed by atoms with van der Waals surface area (Å²) in [4.78, 5) is 0. The van der Waals surface area contributed by atoms with Crippen molar-refractivity contribution in [1.29, 1.82) is 0 Å². The highest BCUT2D eigenvalue weighted by atomic mass is 35.5. The van der Waals surface area contributed by atoms with Crippen LogP contribution in [-0.4, -0.2) is 13.2 Å². The molecular formula is C11H16ClNO. The number of hydrogen-bond acceptors (Lipinski definition) is 2. The number of rotatable bonds is 5. The van der Waals surface area contributed by atoms with E-state index >= 15 is 0 Å². The van der Waals surface area contributed by atoms with Crippen LogP contribution in [0.15, 0.2) is 18.2 Å². The maximum Gasteiger partial charge on any atom is 0.120 e. The smallest absolute Gasteiger partial charge is 0.120 e. The first-order valence-electron chi connectivity index (χ1n) is 4.83. The fraction of sp³-hybridized carbons (Fsp3) is 0.455. The van der Waals surface area contributed by atoms with Gasteiger partial charge in [-0.25, -0.2) is 0 Å². The predicted octanol–water partition coefficient (Wildman–Crippen LogP) is 2.77. The highest BCUT2D eigenvalue weighted by Gasteiger charge is 1.98. The molecule has 0 aromatic heterocycles. The van der Waals surface area contributed by atoms with Crippen molar-refractivity contribution < 1.29 is 4.74 Å². The monoisotopic (exact) mass is 213 g/mol. The molecule has 78 valence electrons. The van der Waals surface area contributed by atoms with Crippen LogP contribution in [0.3, 0.4) is 0 Å². The van der Waals surface area contributed by atoms with Gasteiger partial charge in [-0.3, -0.25) is 0 Å². The van der Waals surface area contributed by atoms with Gasteiger partial charge in [0.25, 0.3) is 0 Å². The molecule has 2 nitrogen and oxygen atoms in total. The molecule has 0 unspecified atom stereocenters. The Kier molecular flexibility index (Phi) is 4.77. The van der Waals surface area contributed by atoms with E-state index in [4.69, 9.17) is 22.1 Å². The van der Waals surface area contributed by atoms with Crippen LogP contribution in [0.25, 0.3) is 0 Å². The minimum atomic E-state index is 0.705. The lowest BCUT2D eigenvalue weighted by Gasteiger charge is -2.06. The number of hydrogen-bond donors (Lipinski definition) is 1. The first-order chi connectivity index (χ1) is 6.74. The van der Waals surface area contributed by atoms with Crippen molar-refractivity contribution in [2.75, 3.05) is 13.2 Å². The Labute approximate surface area is 90.0 Å². The topological polar surface area (TPSA) is 35.2 Å². The van der Waals surface area contributed by atoms with Gasteiger partial charge in [0, 0.05) is 5.02 Å². The molecule has 1 aromatic rings. The Morgan fingerprint density at radius 2 is 2.14 bits per heavy atom. The minimum absolute atomic E-state index is 0.705. The zero-order chi connectivity index (χ0) is 10.4. The first kappa shape index (κ1) is 11.3. The molecule has 0 aliphatic rings. The van der Waals surface area contributed by atoms with Gasteiger partial charge in [-0.15, -0.1) is 0 Å². The molecule has 0 aliphatic carbocycles. The molecule has 0 amide bonds. The van der Waals surface area contributed by atoms with Gasteiger partial charge in [-0.1, -0.05) is 17.7 Å². The Hall–Kier alpha value is -0.730. The molecule has 0 saturated carbocycles. The Morgan fingerprint density at radius 3 is 2.79 bits per heavy atom. The SMILES string of the molecule is Cc1ccc(OCCCCN)cc1Cl. The summed E-state index contributed by atoms with van der Waals surface area (Å²) in [5.74, 6) is 0.831. The quantitative estimate of drug-likeness (QED) is 0.764. The summed E-state index contributed by atoms with van der Waals surface area (Å²) >= 11 is 5.95. The van der Waals surface area contributed by atoms with E-state index in [-0.39, 0.29) is 0 Å². The first-order valence-corrected chi connectivity index (χ1v) is 5.21. The Morgan fingerprint density at radius 1 is 1.36 bits per heavy atom. The third kappa shape index (κ3) is 3.56. The maximum atomic E-state index is 5.95. The highest BCUT2D eigenvalue weighted by Crippen LogP contribution is 2.21. The number of unbranched alkanes of at least 4 members (excludes halogenated alkanes) is 1. The van der Waals surface area contributed by atoms with Crippen molar-refractivity contribution in [2.45, 2.75) is 19.8 Å². The van der Waals surface area contributed by atoms with E-state index < -0.39 is 0 Å². The summed E-state index contributed by atoms with van der Waals surface area (Å²) in [5.41, 5.74) is 6.45. The third-order valence-corrected chi connectivity index (χ3v) is 2.42. The second-order valence-corrected chi connectivity index (χ2v) is 3.66. The molecule has 0 heterocycles. The molecule has 0 bridgehead atoms. The van der Waals surface area contributed by atoms with E-state index in [1.54, 1.807) is 0 Å². The largest absolute Gasteiger partial charge is 0.494 e. The van der Waals surface area contributed by atoms with E-state index in [2.05, 4.69) is 0 Å². The Balaban J connectivity index is 2.39. The van der Waals surface area contributed by atoms with Gasteiger partial charge in [0.2, 0.25) is 0 Å². The summed E-state index contributed by atoms with van der Waals surface area (Å²) in [6, 6.07) is 5.74. The van der Waals surface area contributed by atoms with Crippen LogP contribution in [0, 0.1) is 6.92 Å². The van der Waals surface area contributed by atoms with Crippen LogP contribution >= 0.6 is 11.6 Å². The van der Waals surface area contributed by atoms with E-state index in [1.807, 2.05) is 25.1 Å². The fourth-order valence-corrected chi connectivity index (χ4v) is 1.27. The van der Waals surface area contributed by atoms with Gasteiger partial charge >= 0.3 is 0 Å². The molecule has 0 radical (unpaired) electrons. The van der Waals surface area contributed by atoms with Crippen LogP contribution in [0.2, 0.25) is 5.02 Å². The van der Waals surface area contributed by atoms with Crippen LogP contribution in [0.4, 0.5) is 0 Å². The van der Waals surface area contributed by atoms with Crippen molar-refractivity contribution in [3.8, 4) is 5.75 Å². The van der Waals surface area contributed by atoms with Crippen molar-refractivity contribution in [3.63, 3.8) is 0 Å². The number of nitrogens with two attached hydrogens (primary N) is 1. The molecule has 14 heavy (non-hydrogen) atoms. The van der Waals surface area contributed by atoms with E-state index in [9.17, 15) is 0 Å². The summed E-state index contributed by atoms with van der Waals surface area (Å²) in [7, 11) is 0. The van der Waals surface area contributed by atoms with Gasteiger partial charge in [0.15, 0.2) is 0 Å². The summed E-state index contributed by atoms with van der Waals surface area (Å²) < 4.78 is 5.50. The lowest BCUT2D eigenvalue weighted by Crippen LogP contribution is -2.03. The van der Waals surface area contributed by atoms with Crippen LogP contribution in [-0.2, 0) is 0 Å². The van der Waals surface area contributed by atoms with Crippen molar-refractivity contribution in [1.82, 2.24) is 0 Å². The molecule has 0 saturated heterocycles. The second kappa shape index (κ2) is 5.89. The zero-order valence-electron chi connectivity index (χ0n) is 8.42. The third-order valence-electron chi connectivity index (χ3n) is 2.01. The average Bonchev–Trinajstić information content (AvgIpc) is 2.18. The summed E-state index contributed by atoms with van der Waals surface area (Å²) in [6.45, 7) is 3.40. The van der Waals surface area contributed by atoms with Crippen LogP contribution in [0.1, 0.15) is 18.4 Å². The zero-order valence-corrected chi connectivity index (χ0v) is 9.18.